The zero-order valence-electron chi connectivity index (χ0n) is 16.2. The molecule has 1 N–H and O–H groups in total. The Bertz CT molecular complexity index is 969. The van der Waals surface area contributed by atoms with Gasteiger partial charge in [-0.05, 0) is 41.8 Å². The van der Waals surface area contributed by atoms with Crippen LogP contribution in [-0.2, 0) is 4.79 Å². The molecule has 3 rings (SSSR count). The second-order valence-electron chi connectivity index (χ2n) is 6.72. The lowest BCUT2D eigenvalue weighted by atomic mass is 10.0. The van der Waals surface area contributed by atoms with Crippen LogP contribution in [0.15, 0.2) is 42.5 Å². The van der Waals surface area contributed by atoms with Crippen molar-refractivity contribution in [1.82, 2.24) is 20.2 Å². The number of tetrazole rings is 1. The van der Waals surface area contributed by atoms with E-state index in [9.17, 15) is 4.79 Å². The molecule has 0 radical (unpaired) electrons. The Hall–Kier alpha value is -2.93. The molecule has 1 atom stereocenters. The summed E-state index contributed by atoms with van der Waals surface area (Å²) >= 11 is 6.01. The summed E-state index contributed by atoms with van der Waals surface area (Å²) in [5, 5.41) is 15.7. The van der Waals surface area contributed by atoms with Crippen LogP contribution in [0.4, 0.5) is 5.69 Å². The minimum atomic E-state index is -0.667. The van der Waals surface area contributed by atoms with Crippen LogP contribution in [0.1, 0.15) is 38.3 Å². The Morgan fingerprint density at radius 1 is 1.14 bits per heavy atom. The highest BCUT2D eigenvalue weighted by molar-refractivity contribution is 6.31. The summed E-state index contributed by atoms with van der Waals surface area (Å²) in [5.41, 5.74) is 2.57. The number of rotatable bonds is 6. The molecule has 0 saturated carbocycles. The number of nitrogens with zero attached hydrogens (tertiary/aromatic N) is 4. The first-order chi connectivity index (χ1) is 13.4. The lowest BCUT2D eigenvalue weighted by molar-refractivity contribution is -0.119. The van der Waals surface area contributed by atoms with Gasteiger partial charge in [-0.2, -0.15) is 4.80 Å². The van der Waals surface area contributed by atoms with Gasteiger partial charge in [0, 0.05) is 10.6 Å². The molecule has 1 aromatic heterocycles. The second kappa shape index (κ2) is 8.39. The van der Waals surface area contributed by atoms with Crippen molar-refractivity contribution < 1.29 is 9.53 Å². The Morgan fingerprint density at radius 2 is 1.86 bits per heavy atom. The van der Waals surface area contributed by atoms with E-state index in [0.29, 0.717) is 28.2 Å². The van der Waals surface area contributed by atoms with Crippen molar-refractivity contribution in [3.63, 3.8) is 0 Å². The number of carbonyl (C=O) groups excluding carboxylic acids is 1. The van der Waals surface area contributed by atoms with Crippen LogP contribution in [0.3, 0.4) is 0 Å². The van der Waals surface area contributed by atoms with Gasteiger partial charge in [-0.1, -0.05) is 49.7 Å². The molecular formula is C20H22ClN5O2. The molecule has 8 heteroatoms. The van der Waals surface area contributed by atoms with Gasteiger partial charge < -0.3 is 10.1 Å². The monoisotopic (exact) mass is 399 g/mol. The van der Waals surface area contributed by atoms with E-state index in [0.717, 1.165) is 5.56 Å². The maximum Gasteiger partial charge on any atom is 0.250 e. The zero-order valence-corrected chi connectivity index (χ0v) is 16.9. The molecule has 146 valence electrons. The van der Waals surface area contributed by atoms with Crippen LogP contribution < -0.4 is 10.1 Å². The fourth-order valence-corrected chi connectivity index (χ4v) is 2.81. The average Bonchev–Trinajstić information content (AvgIpc) is 3.17. The van der Waals surface area contributed by atoms with Gasteiger partial charge in [-0.25, -0.2) is 0 Å². The van der Waals surface area contributed by atoms with Gasteiger partial charge in [-0.3, -0.25) is 4.79 Å². The molecule has 0 spiro atoms. The van der Waals surface area contributed by atoms with Gasteiger partial charge in [0.1, 0.15) is 11.8 Å². The standard InChI is InChI=1S/C20H22ClN5O2/c1-12(2)14-5-7-15(8-6-14)19-23-25-26(24-19)13(3)20(27)22-17-11-16(21)9-10-18(17)28-4/h5-13H,1-4H3,(H,22,27)/t13-/m1/s1. The molecule has 1 amide bonds. The topological polar surface area (TPSA) is 81.9 Å². The first-order valence-electron chi connectivity index (χ1n) is 8.93. The van der Waals surface area contributed by atoms with Crippen molar-refractivity contribution >= 4 is 23.2 Å². The Morgan fingerprint density at radius 3 is 2.50 bits per heavy atom. The van der Waals surface area contributed by atoms with Crippen LogP contribution >= 0.6 is 11.6 Å². The highest BCUT2D eigenvalue weighted by Gasteiger charge is 2.20. The maximum absolute atomic E-state index is 12.6. The van der Waals surface area contributed by atoms with Gasteiger partial charge in [0.25, 0.3) is 5.91 Å². The third kappa shape index (κ3) is 4.31. The van der Waals surface area contributed by atoms with Crippen LogP contribution in [0.2, 0.25) is 5.02 Å². The van der Waals surface area contributed by atoms with Gasteiger partial charge in [0.05, 0.1) is 12.8 Å². The van der Waals surface area contributed by atoms with E-state index in [1.165, 1.54) is 17.5 Å². The summed E-state index contributed by atoms with van der Waals surface area (Å²) in [4.78, 5) is 13.9. The van der Waals surface area contributed by atoms with Gasteiger partial charge in [-0.15, -0.1) is 10.2 Å². The lowest BCUT2D eigenvalue weighted by Crippen LogP contribution is -2.25. The molecule has 0 saturated heterocycles. The summed E-state index contributed by atoms with van der Waals surface area (Å²) in [7, 11) is 1.53. The number of methoxy groups -OCH3 is 1. The number of hydrogen-bond acceptors (Lipinski definition) is 5. The molecule has 7 nitrogen and oxygen atoms in total. The molecule has 0 aliphatic rings. The zero-order chi connectivity index (χ0) is 20.3. The number of amides is 1. The van der Waals surface area contributed by atoms with E-state index in [2.05, 4.69) is 34.6 Å². The third-order valence-corrected chi connectivity index (χ3v) is 4.64. The maximum atomic E-state index is 12.6. The SMILES string of the molecule is COc1ccc(Cl)cc1NC(=O)[C@@H](C)n1nnc(-c2ccc(C(C)C)cc2)n1. The van der Waals surface area contributed by atoms with Crippen molar-refractivity contribution in [2.75, 3.05) is 12.4 Å². The summed E-state index contributed by atoms with van der Waals surface area (Å²) in [6.45, 7) is 5.97. The van der Waals surface area contributed by atoms with Gasteiger partial charge in [0.2, 0.25) is 5.82 Å². The number of anilines is 1. The lowest BCUT2D eigenvalue weighted by Gasteiger charge is -2.13. The van der Waals surface area contributed by atoms with E-state index in [4.69, 9.17) is 16.3 Å². The van der Waals surface area contributed by atoms with Gasteiger partial charge in [0.15, 0.2) is 0 Å². The second-order valence-corrected chi connectivity index (χ2v) is 7.16. The fraction of sp³-hybridized carbons (Fsp3) is 0.300. The normalized spacial score (nSPS) is 12.1. The molecule has 0 aliphatic heterocycles. The number of benzene rings is 2. The highest BCUT2D eigenvalue weighted by atomic mass is 35.5. The van der Waals surface area contributed by atoms with Crippen LogP contribution in [0.25, 0.3) is 11.4 Å². The van der Waals surface area contributed by atoms with Crippen molar-refractivity contribution in [3.8, 4) is 17.1 Å². The summed E-state index contributed by atoms with van der Waals surface area (Å²) in [6.07, 6.45) is 0. The van der Waals surface area contributed by atoms with Crippen LogP contribution in [0, 0.1) is 0 Å². The summed E-state index contributed by atoms with van der Waals surface area (Å²) in [5.74, 6) is 1.13. The Balaban J connectivity index is 1.75. The Kier molecular flexibility index (Phi) is 5.94. The van der Waals surface area contributed by atoms with E-state index >= 15 is 0 Å². The smallest absolute Gasteiger partial charge is 0.250 e. The number of halogens is 1. The number of ether oxygens (including phenoxy) is 1. The first kappa shape index (κ1) is 19.8. The van der Waals surface area contributed by atoms with E-state index in [1.54, 1.807) is 25.1 Å². The molecule has 0 unspecified atom stereocenters. The third-order valence-electron chi connectivity index (χ3n) is 4.41. The molecule has 3 aromatic rings. The predicted octanol–water partition coefficient (Wildman–Crippen LogP) is 4.33. The van der Waals surface area contributed by atoms with Gasteiger partial charge >= 0.3 is 0 Å². The minimum absolute atomic E-state index is 0.306. The average molecular weight is 400 g/mol. The molecule has 0 bridgehead atoms. The van der Waals surface area contributed by atoms with Crippen molar-refractivity contribution in [1.29, 1.82) is 0 Å². The van der Waals surface area contributed by atoms with Crippen molar-refractivity contribution in [2.45, 2.75) is 32.7 Å². The number of hydrogen-bond donors (Lipinski definition) is 1. The number of aromatic nitrogens is 4. The van der Waals surface area contributed by atoms with Crippen molar-refractivity contribution in [3.05, 3.63) is 53.1 Å². The molecule has 28 heavy (non-hydrogen) atoms. The largest absolute Gasteiger partial charge is 0.495 e. The molecule has 0 fully saturated rings. The Labute approximate surface area is 168 Å². The van der Waals surface area contributed by atoms with E-state index < -0.39 is 6.04 Å². The molecular weight excluding hydrogens is 378 g/mol. The summed E-state index contributed by atoms with van der Waals surface area (Å²) < 4.78 is 5.25. The number of nitrogens with one attached hydrogen (secondary N) is 1. The van der Waals surface area contributed by atoms with Crippen LogP contribution in [0.5, 0.6) is 5.75 Å². The molecule has 0 aliphatic carbocycles. The number of carbonyl (C=O) groups is 1. The first-order valence-corrected chi connectivity index (χ1v) is 9.31. The predicted molar refractivity (Wildman–Crippen MR) is 109 cm³/mol. The molecule has 2 aromatic carbocycles. The fourth-order valence-electron chi connectivity index (χ4n) is 2.64. The van der Waals surface area contributed by atoms with E-state index in [-0.39, 0.29) is 5.91 Å². The van der Waals surface area contributed by atoms with E-state index in [1.807, 2.05) is 24.3 Å². The summed E-state index contributed by atoms with van der Waals surface area (Å²) in [6, 6.07) is 12.3. The van der Waals surface area contributed by atoms with Crippen molar-refractivity contribution in [2.24, 2.45) is 0 Å². The minimum Gasteiger partial charge on any atom is -0.495 e. The quantitative estimate of drug-likeness (QED) is 0.667. The van der Waals surface area contributed by atoms with Crippen LogP contribution in [-0.4, -0.2) is 33.2 Å². The highest BCUT2D eigenvalue weighted by Crippen LogP contribution is 2.28. The molecule has 1 heterocycles.